The Bertz CT molecular complexity index is 477. The molecule has 0 radical (unpaired) electrons. The third kappa shape index (κ3) is 1.84. The number of hydrogen-bond donors (Lipinski definition) is 1. The van der Waals surface area contributed by atoms with Gasteiger partial charge in [-0.3, -0.25) is 4.90 Å². The summed E-state index contributed by atoms with van der Waals surface area (Å²) in [6.45, 7) is 2.68. The summed E-state index contributed by atoms with van der Waals surface area (Å²) in [5, 5.41) is 0. The van der Waals surface area contributed by atoms with E-state index >= 15 is 0 Å². The van der Waals surface area contributed by atoms with Gasteiger partial charge in [-0.15, -0.1) is 0 Å². The maximum Gasteiger partial charge on any atom is 0.0731 e. The van der Waals surface area contributed by atoms with Crippen LogP contribution in [0.5, 0.6) is 0 Å². The molecule has 4 rings (SSSR count). The molecule has 0 bridgehead atoms. The summed E-state index contributed by atoms with van der Waals surface area (Å²) in [5.74, 6) is 0. The second-order valence-corrected chi connectivity index (χ2v) is 6.65. The fourth-order valence-corrected chi connectivity index (χ4v) is 4.65. The Morgan fingerprint density at radius 3 is 2.65 bits per heavy atom. The van der Waals surface area contributed by atoms with E-state index < -0.39 is 0 Å². The molecule has 2 unspecified atom stereocenters. The van der Waals surface area contributed by atoms with Crippen molar-refractivity contribution in [3.63, 3.8) is 0 Å². The van der Waals surface area contributed by atoms with E-state index in [4.69, 9.17) is 10.5 Å². The van der Waals surface area contributed by atoms with E-state index in [9.17, 15) is 0 Å². The monoisotopic (exact) mass is 272 g/mol. The van der Waals surface area contributed by atoms with E-state index in [-0.39, 0.29) is 5.54 Å². The molecule has 1 aliphatic heterocycles. The lowest BCUT2D eigenvalue weighted by Crippen LogP contribution is -2.63. The number of benzene rings is 1. The first-order chi connectivity index (χ1) is 9.82. The number of fused-ring (bicyclic) bond motifs is 2. The molecule has 1 heterocycles. The van der Waals surface area contributed by atoms with Crippen LogP contribution in [0.25, 0.3) is 0 Å². The summed E-state index contributed by atoms with van der Waals surface area (Å²) in [6, 6.07) is 9.46. The van der Waals surface area contributed by atoms with Crippen molar-refractivity contribution in [3.05, 3.63) is 35.4 Å². The van der Waals surface area contributed by atoms with Gasteiger partial charge in [0.2, 0.25) is 0 Å². The van der Waals surface area contributed by atoms with Crippen molar-refractivity contribution in [2.24, 2.45) is 5.73 Å². The Balaban J connectivity index is 1.65. The number of ether oxygens (including phenoxy) is 1. The summed E-state index contributed by atoms with van der Waals surface area (Å²) >= 11 is 0. The molecule has 3 heteroatoms. The van der Waals surface area contributed by atoms with Crippen LogP contribution in [0.3, 0.4) is 0 Å². The molecular weight excluding hydrogens is 248 g/mol. The van der Waals surface area contributed by atoms with Gasteiger partial charge < -0.3 is 10.5 Å². The van der Waals surface area contributed by atoms with Crippen molar-refractivity contribution < 1.29 is 4.74 Å². The molecular formula is C17H24N2O. The fourth-order valence-electron chi connectivity index (χ4n) is 4.65. The van der Waals surface area contributed by atoms with Crippen LogP contribution >= 0.6 is 0 Å². The fraction of sp³-hybridized carbons (Fsp3) is 0.647. The zero-order valence-electron chi connectivity index (χ0n) is 12.1. The first-order valence-corrected chi connectivity index (χ1v) is 7.98. The number of nitrogens with zero attached hydrogens (tertiary/aromatic N) is 1. The van der Waals surface area contributed by atoms with Crippen molar-refractivity contribution in [2.45, 2.75) is 49.8 Å². The first kappa shape index (κ1) is 12.8. The van der Waals surface area contributed by atoms with Gasteiger partial charge in [-0.2, -0.15) is 0 Å². The van der Waals surface area contributed by atoms with Crippen LogP contribution in [0.1, 0.15) is 30.4 Å². The lowest BCUT2D eigenvalue weighted by atomic mass is 9.90. The van der Waals surface area contributed by atoms with Gasteiger partial charge >= 0.3 is 0 Å². The number of nitrogens with two attached hydrogens (primary N) is 1. The lowest BCUT2D eigenvalue weighted by Gasteiger charge is -2.48. The quantitative estimate of drug-likeness (QED) is 0.891. The van der Waals surface area contributed by atoms with E-state index in [0.717, 1.165) is 32.5 Å². The maximum atomic E-state index is 6.28. The summed E-state index contributed by atoms with van der Waals surface area (Å²) in [5.41, 5.74) is 9.42. The van der Waals surface area contributed by atoms with Gasteiger partial charge in [-0.1, -0.05) is 24.3 Å². The minimum Gasteiger partial charge on any atom is -0.375 e. The summed E-state index contributed by atoms with van der Waals surface area (Å²) in [6.07, 6.45) is 6.50. The zero-order chi connectivity index (χ0) is 13.6. The van der Waals surface area contributed by atoms with E-state index in [2.05, 4.69) is 29.2 Å². The summed E-state index contributed by atoms with van der Waals surface area (Å²) < 4.78 is 5.98. The SMILES string of the molecule is NCC1(N2CCOC3CCCC32)Cc2ccccc2C1. The Kier molecular flexibility index (Phi) is 3.09. The average Bonchev–Trinajstić information content (AvgIpc) is 3.11. The summed E-state index contributed by atoms with van der Waals surface area (Å²) in [7, 11) is 0. The minimum atomic E-state index is 0.140. The largest absolute Gasteiger partial charge is 0.375 e. The maximum absolute atomic E-state index is 6.28. The molecule has 2 aliphatic carbocycles. The average molecular weight is 272 g/mol. The zero-order valence-corrected chi connectivity index (χ0v) is 12.1. The minimum absolute atomic E-state index is 0.140. The van der Waals surface area contributed by atoms with Crippen LogP contribution in [-0.4, -0.2) is 42.3 Å². The molecule has 20 heavy (non-hydrogen) atoms. The van der Waals surface area contributed by atoms with Crippen molar-refractivity contribution in [2.75, 3.05) is 19.7 Å². The predicted molar refractivity (Wildman–Crippen MR) is 79.7 cm³/mol. The molecule has 2 atom stereocenters. The first-order valence-electron chi connectivity index (χ1n) is 7.98. The van der Waals surface area contributed by atoms with E-state index in [1.807, 2.05) is 0 Å². The third-order valence-corrected chi connectivity index (χ3v) is 5.63. The predicted octanol–water partition coefficient (Wildman–Crippen LogP) is 1.74. The topological polar surface area (TPSA) is 38.5 Å². The normalized spacial score (nSPS) is 32.0. The highest BCUT2D eigenvalue weighted by Gasteiger charge is 2.48. The van der Waals surface area contributed by atoms with Crippen molar-refractivity contribution in [3.8, 4) is 0 Å². The van der Waals surface area contributed by atoms with Crippen molar-refractivity contribution in [1.29, 1.82) is 0 Å². The molecule has 0 spiro atoms. The number of hydrogen-bond acceptors (Lipinski definition) is 3. The Labute approximate surface area is 121 Å². The second-order valence-electron chi connectivity index (χ2n) is 6.65. The van der Waals surface area contributed by atoms with Crippen LogP contribution in [0.15, 0.2) is 24.3 Å². The van der Waals surface area contributed by atoms with Crippen LogP contribution < -0.4 is 5.73 Å². The Hall–Kier alpha value is -0.900. The smallest absolute Gasteiger partial charge is 0.0731 e. The molecule has 0 aromatic heterocycles. The molecule has 1 saturated heterocycles. The highest BCUT2D eigenvalue weighted by molar-refractivity contribution is 5.37. The number of rotatable bonds is 2. The number of morpholine rings is 1. The van der Waals surface area contributed by atoms with Gasteiger partial charge in [-0.25, -0.2) is 0 Å². The molecule has 0 amide bonds. The highest BCUT2D eigenvalue weighted by atomic mass is 16.5. The van der Waals surface area contributed by atoms with Gasteiger partial charge in [0.15, 0.2) is 0 Å². The van der Waals surface area contributed by atoms with E-state index in [0.29, 0.717) is 12.1 Å². The van der Waals surface area contributed by atoms with Crippen molar-refractivity contribution in [1.82, 2.24) is 4.90 Å². The van der Waals surface area contributed by atoms with Gasteiger partial charge in [0.05, 0.1) is 12.7 Å². The van der Waals surface area contributed by atoms with Gasteiger partial charge in [0.1, 0.15) is 0 Å². The van der Waals surface area contributed by atoms with Gasteiger partial charge in [0.25, 0.3) is 0 Å². The molecule has 2 N–H and O–H groups in total. The molecule has 1 saturated carbocycles. The Morgan fingerprint density at radius 1 is 1.20 bits per heavy atom. The van der Waals surface area contributed by atoms with Gasteiger partial charge in [-0.05, 0) is 43.2 Å². The molecule has 1 aromatic rings. The van der Waals surface area contributed by atoms with Crippen LogP contribution in [0.2, 0.25) is 0 Å². The van der Waals surface area contributed by atoms with Crippen LogP contribution in [0, 0.1) is 0 Å². The second kappa shape index (κ2) is 4.83. The molecule has 2 fully saturated rings. The van der Waals surface area contributed by atoms with Crippen LogP contribution in [0.4, 0.5) is 0 Å². The van der Waals surface area contributed by atoms with E-state index in [1.54, 1.807) is 0 Å². The molecule has 3 nitrogen and oxygen atoms in total. The van der Waals surface area contributed by atoms with E-state index in [1.165, 1.54) is 30.4 Å². The highest BCUT2D eigenvalue weighted by Crippen LogP contribution is 2.40. The summed E-state index contributed by atoms with van der Waals surface area (Å²) in [4.78, 5) is 2.72. The lowest BCUT2D eigenvalue weighted by molar-refractivity contribution is -0.0953. The van der Waals surface area contributed by atoms with Gasteiger partial charge in [0, 0.05) is 24.7 Å². The van der Waals surface area contributed by atoms with Crippen LogP contribution in [-0.2, 0) is 17.6 Å². The molecule has 1 aromatic carbocycles. The molecule has 108 valence electrons. The standard InChI is InChI=1S/C17H24N2O/c18-12-17(10-13-4-1-2-5-14(13)11-17)19-8-9-20-16-7-3-6-15(16)19/h1-2,4-5,15-16H,3,6-12,18H2. The Morgan fingerprint density at radius 2 is 1.95 bits per heavy atom. The van der Waals surface area contributed by atoms with Crippen molar-refractivity contribution >= 4 is 0 Å². The molecule has 3 aliphatic rings. The third-order valence-electron chi connectivity index (χ3n) is 5.63.